The summed E-state index contributed by atoms with van der Waals surface area (Å²) in [6.07, 6.45) is 3.20. The van der Waals surface area contributed by atoms with E-state index in [1.165, 1.54) is 5.56 Å². The van der Waals surface area contributed by atoms with Crippen molar-refractivity contribution in [1.29, 1.82) is 0 Å². The molecule has 1 aromatic rings. The molecule has 1 fully saturated rings. The number of aliphatic hydroxyl groups excluding tert-OH is 1. The van der Waals surface area contributed by atoms with Crippen molar-refractivity contribution in [2.75, 3.05) is 26.8 Å². The largest absolute Gasteiger partial charge is 0.395 e. The number of hydrogen-bond acceptors (Lipinski definition) is 3. The molecule has 0 saturated carbocycles. The predicted octanol–water partition coefficient (Wildman–Crippen LogP) is 2.03. The summed E-state index contributed by atoms with van der Waals surface area (Å²) in [5.41, 5.74) is 2.33. The lowest BCUT2D eigenvalue weighted by molar-refractivity contribution is 0.0388. The zero-order valence-corrected chi connectivity index (χ0v) is 12.1. The monoisotopic (exact) mass is 273 g/mol. The standard InChI is InChI=1S/C17H23NO2/c1-20-17-8-10-18(11-9-17)14-16-7-4-6-15(13-16)5-2-3-12-19/h4,6-7,13,17,19H,3,8-12,14H2,1H3. The molecule has 20 heavy (non-hydrogen) atoms. The van der Waals surface area contributed by atoms with Gasteiger partial charge in [-0.05, 0) is 30.5 Å². The van der Waals surface area contributed by atoms with Crippen LogP contribution in [0.1, 0.15) is 30.4 Å². The first-order valence-corrected chi connectivity index (χ1v) is 7.25. The van der Waals surface area contributed by atoms with Crippen LogP contribution in [0.3, 0.4) is 0 Å². The van der Waals surface area contributed by atoms with E-state index in [4.69, 9.17) is 9.84 Å². The molecule has 1 heterocycles. The molecular formula is C17H23NO2. The second kappa shape index (κ2) is 8.06. The van der Waals surface area contributed by atoms with Gasteiger partial charge in [0.15, 0.2) is 0 Å². The maximum absolute atomic E-state index is 8.74. The fourth-order valence-electron chi connectivity index (χ4n) is 2.53. The lowest BCUT2D eigenvalue weighted by Crippen LogP contribution is -2.36. The lowest BCUT2D eigenvalue weighted by atomic mass is 10.1. The third kappa shape index (κ3) is 4.64. The summed E-state index contributed by atoms with van der Waals surface area (Å²) in [6.45, 7) is 3.30. The molecule has 0 spiro atoms. The van der Waals surface area contributed by atoms with E-state index < -0.39 is 0 Å². The molecule has 0 aliphatic carbocycles. The Morgan fingerprint density at radius 2 is 2.15 bits per heavy atom. The Morgan fingerprint density at radius 3 is 2.85 bits per heavy atom. The number of piperidine rings is 1. The highest BCUT2D eigenvalue weighted by Gasteiger charge is 2.18. The zero-order chi connectivity index (χ0) is 14.2. The number of benzene rings is 1. The smallest absolute Gasteiger partial charge is 0.0595 e. The highest BCUT2D eigenvalue weighted by molar-refractivity contribution is 5.37. The van der Waals surface area contributed by atoms with Crippen LogP contribution in [0.25, 0.3) is 0 Å². The van der Waals surface area contributed by atoms with Crippen molar-refractivity contribution < 1.29 is 9.84 Å². The van der Waals surface area contributed by atoms with Gasteiger partial charge in [-0.3, -0.25) is 4.90 Å². The van der Waals surface area contributed by atoms with Crippen molar-refractivity contribution in [2.24, 2.45) is 0 Å². The quantitative estimate of drug-likeness (QED) is 0.852. The van der Waals surface area contributed by atoms with Gasteiger partial charge < -0.3 is 9.84 Å². The van der Waals surface area contributed by atoms with Gasteiger partial charge in [-0.15, -0.1) is 0 Å². The van der Waals surface area contributed by atoms with E-state index in [-0.39, 0.29) is 6.61 Å². The molecule has 0 unspecified atom stereocenters. The number of rotatable bonds is 4. The molecule has 0 bridgehead atoms. The minimum atomic E-state index is 0.126. The van der Waals surface area contributed by atoms with Crippen LogP contribution in [0.5, 0.6) is 0 Å². The Morgan fingerprint density at radius 1 is 1.35 bits per heavy atom. The van der Waals surface area contributed by atoms with E-state index in [1.54, 1.807) is 7.11 Å². The molecule has 0 aromatic heterocycles. The molecule has 0 atom stereocenters. The summed E-state index contributed by atoms with van der Waals surface area (Å²) in [6, 6.07) is 8.37. The molecule has 1 N–H and O–H groups in total. The minimum Gasteiger partial charge on any atom is -0.395 e. The third-order valence-electron chi connectivity index (χ3n) is 3.67. The van der Waals surface area contributed by atoms with E-state index >= 15 is 0 Å². The zero-order valence-electron chi connectivity index (χ0n) is 12.1. The van der Waals surface area contributed by atoms with E-state index in [1.807, 2.05) is 6.07 Å². The number of methoxy groups -OCH3 is 1. The van der Waals surface area contributed by atoms with Crippen LogP contribution in [-0.4, -0.2) is 42.9 Å². The first-order valence-electron chi connectivity index (χ1n) is 7.25. The van der Waals surface area contributed by atoms with Crippen molar-refractivity contribution in [3.8, 4) is 11.8 Å². The molecule has 3 heteroatoms. The van der Waals surface area contributed by atoms with Gasteiger partial charge >= 0.3 is 0 Å². The molecule has 1 aromatic carbocycles. The molecule has 2 rings (SSSR count). The Labute approximate surface area is 121 Å². The molecule has 1 aliphatic heterocycles. The van der Waals surface area contributed by atoms with E-state index in [9.17, 15) is 0 Å². The molecule has 108 valence electrons. The average Bonchev–Trinajstić information content (AvgIpc) is 2.49. The maximum atomic E-state index is 8.74. The second-order valence-electron chi connectivity index (χ2n) is 5.19. The SMILES string of the molecule is COC1CCN(Cc2cccc(C#CCCO)c2)CC1. The van der Waals surface area contributed by atoms with Gasteiger partial charge in [-0.2, -0.15) is 0 Å². The van der Waals surface area contributed by atoms with Crippen LogP contribution in [0, 0.1) is 11.8 Å². The summed E-state index contributed by atoms with van der Waals surface area (Å²) < 4.78 is 5.40. The lowest BCUT2D eigenvalue weighted by Gasteiger charge is -2.31. The van der Waals surface area contributed by atoms with Crippen molar-refractivity contribution in [3.05, 3.63) is 35.4 Å². The number of nitrogens with zero attached hydrogens (tertiary/aromatic N) is 1. The highest BCUT2D eigenvalue weighted by Crippen LogP contribution is 2.16. The van der Waals surface area contributed by atoms with Crippen molar-refractivity contribution in [1.82, 2.24) is 4.90 Å². The number of likely N-dealkylation sites (tertiary alicyclic amines) is 1. The van der Waals surface area contributed by atoms with Crippen LogP contribution in [0.4, 0.5) is 0 Å². The van der Waals surface area contributed by atoms with Crippen LogP contribution in [0.15, 0.2) is 24.3 Å². The summed E-state index contributed by atoms with van der Waals surface area (Å²) in [5.74, 6) is 6.06. The van der Waals surface area contributed by atoms with Gasteiger partial charge in [0.05, 0.1) is 12.7 Å². The molecular weight excluding hydrogens is 250 g/mol. The van der Waals surface area contributed by atoms with Gasteiger partial charge in [-0.25, -0.2) is 0 Å². The van der Waals surface area contributed by atoms with E-state index in [0.717, 1.165) is 38.0 Å². The topological polar surface area (TPSA) is 32.7 Å². The number of ether oxygens (including phenoxy) is 1. The van der Waals surface area contributed by atoms with Crippen molar-refractivity contribution >= 4 is 0 Å². The van der Waals surface area contributed by atoms with Crippen molar-refractivity contribution in [3.63, 3.8) is 0 Å². The van der Waals surface area contributed by atoms with Crippen LogP contribution in [0.2, 0.25) is 0 Å². The van der Waals surface area contributed by atoms with Gasteiger partial charge in [0.1, 0.15) is 0 Å². The fourth-order valence-corrected chi connectivity index (χ4v) is 2.53. The first kappa shape index (κ1) is 15.1. The van der Waals surface area contributed by atoms with E-state index in [0.29, 0.717) is 12.5 Å². The third-order valence-corrected chi connectivity index (χ3v) is 3.67. The maximum Gasteiger partial charge on any atom is 0.0595 e. The Kier molecular flexibility index (Phi) is 6.07. The van der Waals surface area contributed by atoms with Crippen LogP contribution >= 0.6 is 0 Å². The van der Waals surface area contributed by atoms with Crippen molar-refractivity contribution in [2.45, 2.75) is 31.9 Å². The molecule has 3 nitrogen and oxygen atoms in total. The van der Waals surface area contributed by atoms with Gasteiger partial charge in [0.2, 0.25) is 0 Å². The Bertz CT molecular complexity index is 467. The fraction of sp³-hybridized carbons (Fsp3) is 0.529. The van der Waals surface area contributed by atoms with Crippen LogP contribution in [-0.2, 0) is 11.3 Å². The number of aliphatic hydroxyl groups is 1. The van der Waals surface area contributed by atoms with Gasteiger partial charge in [-0.1, -0.05) is 24.0 Å². The first-order chi connectivity index (χ1) is 9.81. The minimum absolute atomic E-state index is 0.126. The Hall–Kier alpha value is -1.34. The molecule has 0 amide bonds. The van der Waals surface area contributed by atoms with E-state index in [2.05, 4.69) is 34.9 Å². The summed E-state index contributed by atoms with van der Waals surface area (Å²) >= 11 is 0. The summed E-state index contributed by atoms with van der Waals surface area (Å²) in [7, 11) is 1.80. The summed E-state index contributed by atoms with van der Waals surface area (Å²) in [5, 5.41) is 8.74. The van der Waals surface area contributed by atoms with Crippen LogP contribution < -0.4 is 0 Å². The molecule has 1 aliphatic rings. The Balaban J connectivity index is 1.90. The van der Waals surface area contributed by atoms with Gasteiger partial charge in [0, 0.05) is 38.7 Å². The average molecular weight is 273 g/mol. The summed E-state index contributed by atoms with van der Waals surface area (Å²) in [4.78, 5) is 2.47. The second-order valence-corrected chi connectivity index (χ2v) is 5.19. The molecule has 1 saturated heterocycles. The normalized spacial score (nSPS) is 16.7. The van der Waals surface area contributed by atoms with Gasteiger partial charge in [0.25, 0.3) is 0 Å². The molecule has 0 radical (unpaired) electrons. The predicted molar refractivity (Wildman–Crippen MR) is 80.3 cm³/mol. The highest BCUT2D eigenvalue weighted by atomic mass is 16.5. The number of hydrogen-bond donors (Lipinski definition) is 1.